The Kier molecular flexibility index (Phi) is 5.78. The molecule has 0 unspecified atom stereocenters. The molecule has 1 N–H and O–H groups in total. The highest BCUT2D eigenvalue weighted by atomic mass is 19.1. The molecule has 0 atom stereocenters. The summed E-state index contributed by atoms with van der Waals surface area (Å²) >= 11 is 0. The summed E-state index contributed by atoms with van der Waals surface area (Å²) in [6.07, 6.45) is 0. The van der Waals surface area contributed by atoms with E-state index in [1.807, 2.05) is 4.90 Å². The van der Waals surface area contributed by atoms with Crippen molar-refractivity contribution < 1.29 is 9.18 Å². The maximum atomic E-state index is 13.7. The maximum Gasteiger partial charge on any atom is 0.272 e. The van der Waals surface area contributed by atoms with Crippen molar-refractivity contribution in [3.63, 3.8) is 0 Å². The SMILES string of the molecule is CCN1CCN(C(=O)c2cc(NCc3ccccc3F)nc(C)n2)CC1. The fraction of sp³-hybridized carbons (Fsp3) is 0.421. The first-order chi connectivity index (χ1) is 12.6. The summed E-state index contributed by atoms with van der Waals surface area (Å²) in [6, 6.07) is 8.23. The van der Waals surface area contributed by atoms with Crippen LogP contribution in [0.3, 0.4) is 0 Å². The average molecular weight is 357 g/mol. The summed E-state index contributed by atoms with van der Waals surface area (Å²) in [5, 5.41) is 3.09. The van der Waals surface area contributed by atoms with Crippen LogP contribution >= 0.6 is 0 Å². The van der Waals surface area contributed by atoms with E-state index >= 15 is 0 Å². The van der Waals surface area contributed by atoms with Crippen LogP contribution in [0.4, 0.5) is 10.2 Å². The fourth-order valence-corrected chi connectivity index (χ4v) is 3.02. The normalized spacial score (nSPS) is 15.1. The zero-order valence-electron chi connectivity index (χ0n) is 15.2. The Morgan fingerprint density at radius 1 is 1.19 bits per heavy atom. The van der Waals surface area contributed by atoms with Gasteiger partial charge in [0.15, 0.2) is 0 Å². The number of anilines is 1. The lowest BCUT2D eigenvalue weighted by Crippen LogP contribution is -2.48. The minimum Gasteiger partial charge on any atom is -0.366 e. The van der Waals surface area contributed by atoms with Gasteiger partial charge in [0.1, 0.15) is 23.2 Å². The van der Waals surface area contributed by atoms with Crippen LogP contribution in [0.1, 0.15) is 28.8 Å². The number of nitrogens with one attached hydrogen (secondary N) is 1. The Hall–Kier alpha value is -2.54. The zero-order valence-corrected chi connectivity index (χ0v) is 15.2. The third kappa shape index (κ3) is 4.35. The first-order valence-electron chi connectivity index (χ1n) is 8.91. The van der Waals surface area contributed by atoms with E-state index in [2.05, 4.69) is 27.1 Å². The Morgan fingerprint density at radius 3 is 2.62 bits per heavy atom. The lowest BCUT2D eigenvalue weighted by atomic mass is 10.2. The van der Waals surface area contributed by atoms with Crippen molar-refractivity contribution >= 4 is 11.7 Å². The first kappa shape index (κ1) is 18.3. The first-order valence-corrected chi connectivity index (χ1v) is 8.91. The Morgan fingerprint density at radius 2 is 1.92 bits per heavy atom. The molecule has 0 aliphatic carbocycles. The molecule has 0 radical (unpaired) electrons. The summed E-state index contributed by atoms with van der Waals surface area (Å²) in [5.41, 5.74) is 0.922. The lowest BCUT2D eigenvalue weighted by molar-refractivity contribution is 0.0637. The van der Waals surface area contributed by atoms with Crippen molar-refractivity contribution in [1.82, 2.24) is 19.8 Å². The molecule has 1 aliphatic heterocycles. The number of rotatable bonds is 5. The molecule has 2 aromatic rings. The van der Waals surface area contributed by atoms with Crippen molar-refractivity contribution in [1.29, 1.82) is 0 Å². The van der Waals surface area contributed by atoms with E-state index in [0.29, 0.717) is 42.5 Å². The van der Waals surface area contributed by atoms with Gasteiger partial charge >= 0.3 is 0 Å². The van der Waals surface area contributed by atoms with E-state index in [1.54, 1.807) is 31.2 Å². The van der Waals surface area contributed by atoms with Crippen LogP contribution < -0.4 is 5.32 Å². The van der Waals surface area contributed by atoms with E-state index in [-0.39, 0.29) is 11.7 Å². The number of piperazine rings is 1. The number of aromatic nitrogens is 2. The second-order valence-electron chi connectivity index (χ2n) is 6.36. The number of hydrogen-bond acceptors (Lipinski definition) is 5. The lowest BCUT2D eigenvalue weighted by Gasteiger charge is -2.33. The van der Waals surface area contributed by atoms with Crippen LogP contribution in [0.15, 0.2) is 30.3 Å². The molecule has 3 rings (SSSR count). The molecule has 1 aliphatic rings. The van der Waals surface area contributed by atoms with Gasteiger partial charge in [0.25, 0.3) is 5.91 Å². The molecule has 0 spiro atoms. The van der Waals surface area contributed by atoms with Gasteiger partial charge < -0.3 is 15.1 Å². The second kappa shape index (κ2) is 8.23. The van der Waals surface area contributed by atoms with Gasteiger partial charge in [-0.15, -0.1) is 0 Å². The Balaban J connectivity index is 1.69. The number of hydrogen-bond donors (Lipinski definition) is 1. The summed E-state index contributed by atoms with van der Waals surface area (Å²) < 4.78 is 13.7. The highest BCUT2D eigenvalue weighted by molar-refractivity contribution is 5.93. The van der Waals surface area contributed by atoms with E-state index < -0.39 is 0 Å². The number of amides is 1. The van der Waals surface area contributed by atoms with Crippen LogP contribution in [0.5, 0.6) is 0 Å². The molecule has 26 heavy (non-hydrogen) atoms. The van der Waals surface area contributed by atoms with Gasteiger partial charge in [-0.2, -0.15) is 0 Å². The van der Waals surface area contributed by atoms with Gasteiger partial charge in [-0.25, -0.2) is 14.4 Å². The van der Waals surface area contributed by atoms with E-state index in [4.69, 9.17) is 0 Å². The topological polar surface area (TPSA) is 61.4 Å². The van der Waals surface area contributed by atoms with Crippen LogP contribution in [-0.2, 0) is 6.54 Å². The van der Waals surface area contributed by atoms with Crippen molar-refractivity contribution in [2.24, 2.45) is 0 Å². The van der Waals surface area contributed by atoms with Gasteiger partial charge in [0.05, 0.1) is 0 Å². The molecule has 1 aromatic carbocycles. The second-order valence-corrected chi connectivity index (χ2v) is 6.36. The smallest absolute Gasteiger partial charge is 0.272 e. The van der Waals surface area contributed by atoms with E-state index in [9.17, 15) is 9.18 Å². The molecule has 0 bridgehead atoms. The number of carbonyl (C=O) groups is 1. The summed E-state index contributed by atoms with van der Waals surface area (Å²) in [6.45, 7) is 8.33. The number of nitrogens with zero attached hydrogens (tertiary/aromatic N) is 4. The number of likely N-dealkylation sites (N-methyl/N-ethyl adjacent to an activating group) is 1. The number of benzene rings is 1. The van der Waals surface area contributed by atoms with Crippen molar-refractivity contribution in [3.05, 3.63) is 53.2 Å². The molecule has 0 saturated carbocycles. The molecule has 6 nitrogen and oxygen atoms in total. The molecule has 1 saturated heterocycles. The molecule has 138 valence electrons. The zero-order chi connectivity index (χ0) is 18.5. The van der Waals surface area contributed by atoms with Crippen molar-refractivity contribution in [3.8, 4) is 0 Å². The minimum absolute atomic E-state index is 0.0832. The van der Waals surface area contributed by atoms with Crippen LogP contribution in [-0.4, -0.2) is 58.4 Å². The quantitative estimate of drug-likeness (QED) is 0.890. The molecule has 1 fully saturated rings. The minimum atomic E-state index is -0.268. The van der Waals surface area contributed by atoms with Gasteiger partial charge in [-0.3, -0.25) is 4.79 Å². The monoisotopic (exact) mass is 357 g/mol. The summed E-state index contributed by atoms with van der Waals surface area (Å²) in [5.74, 6) is 0.687. The van der Waals surface area contributed by atoms with Crippen LogP contribution in [0, 0.1) is 12.7 Å². The fourth-order valence-electron chi connectivity index (χ4n) is 3.02. The highest BCUT2D eigenvalue weighted by Gasteiger charge is 2.23. The molecular weight excluding hydrogens is 333 g/mol. The Labute approximate surface area is 153 Å². The van der Waals surface area contributed by atoms with Crippen LogP contribution in [0.2, 0.25) is 0 Å². The molecule has 1 aromatic heterocycles. The summed E-state index contributed by atoms with van der Waals surface area (Å²) in [4.78, 5) is 25.5. The highest BCUT2D eigenvalue weighted by Crippen LogP contribution is 2.14. The van der Waals surface area contributed by atoms with Crippen molar-refractivity contribution in [2.75, 3.05) is 38.0 Å². The van der Waals surface area contributed by atoms with E-state index in [1.165, 1.54) is 6.07 Å². The number of carbonyl (C=O) groups excluding carboxylic acids is 1. The van der Waals surface area contributed by atoms with E-state index in [0.717, 1.165) is 19.6 Å². The standard InChI is InChI=1S/C19H24FN5O/c1-3-24-8-10-25(11-9-24)19(26)17-12-18(23-14(2)22-17)21-13-15-6-4-5-7-16(15)20/h4-7,12H,3,8-11,13H2,1-2H3,(H,21,22,23). The van der Waals surface area contributed by atoms with Gasteiger partial charge in [0.2, 0.25) is 0 Å². The predicted octanol–water partition coefficient (Wildman–Crippen LogP) is 2.31. The average Bonchev–Trinajstić information content (AvgIpc) is 2.66. The van der Waals surface area contributed by atoms with Gasteiger partial charge in [0, 0.05) is 44.4 Å². The molecule has 1 amide bonds. The largest absolute Gasteiger partial charge is 0.366 e. The number of halogens is 1. The maximum absolute atomic E-state index is 13.7. The number of aryl methyl sites for hydroxylation is 1. The molecule has 2 heterocycles. The van der Waals surface area contributed by atoms with Crippen molar-refractivity contribution in [2.45, 2.75) is 20.4 Å². The summed E-state index contributed by atoms with van der Waals surface area (Å²) in [7, 11) is 0. The predicted molar refractivity (Wildman–Crippen MR) is 98.5 cm³/mol. The van der Waals surface area contributed by atoms with Gasteiger partial charge in [-0.05, 0) is 19.5 Å². The molecule has 7 heteroatoms. The third-order valence-corrected chi connectivity index (χ3v) is 4.58. The van der Waals surface area contributed by atoms with Gasteiger partial charge in [-0.1, -0.05) is 25.1 Å². The Bertz CT molecular complexity index is 774. The van der Waals surface area contributed by atoms with Crippen LogP contribution in [0.25, 0.3) is 0 Å². The third-order valence-electron chi connectivity index (χ3n) is 4.58. The molecular formula is C19H24FN5O.